The molecule has 0 aliphatic carbocycles. The van der Waals surface area contributed by atoms with Gasteiger partial charge in [-0.2, -0.15) is 5.10 Å². The van der Waals surface area contributed by atoms with Crippen molar-refractivity contribution >= 4 is 27.3 Å². The molecule has 0 saturated carbocycles. The monoisotopic (exact) mass is 364 g/mol. The van der Waals surface area contributed by atoms with Gasteiger partial charge in [0, 0.05) is 33.2 Å². The van der Waals surface area contributed by atoms with Crippen LogP contribution in [0.5, 0.6) is 5.75 Å². The number of hydrogen-bond donors (Lipinski definition) is 1. The number of aromatic nitrogens is 2. The van der Waals surface area contributed by atoms with E-state index >= 15 is 0 Å². The van der Waals surface area contributed by atoms with Crippen molar-refractivity contribution in [3.8, 4) is 5.75 Å². The molecule has 1 aliphatic heterocycles. The van der Waals surface area contributed by atoms with Gasteiger partial charge in [0.25, 0.3) is 5.56 Å². The van der Waals surface area contributed by atoms with Crippen LogP contribution < -0.4 is 15.4 Å². The van der Waals surface area contributed by atoms with E-state index in [1.807, 2.05) is 18.2 Å². The highest BCUT2D eigenvalue weighted by molar-refractivity contribution is 9.10. The fourth-order valence-electron chi connectivity index (χ4n) is 2.64. The zero-order valence-electron chi connectivity index (χ0n) is 12.2. The molecule has 1 aromatic carbocycles. The number of nitrogens with zero attached hydrogens (tertiary/aromatic N) is 4. The number of phenols is 1. The highest BCUT2D eigenvalue weighted by atomic mass is 79.9. The zero-order valence-corrected chi connectivity index (χ0v) is 13.8. The summed E-state index contributed by atoms with van der Waals surface area (Å²) >= 11 is 3.37. The smallest absolute Gasteiger partial charge is 0.282 e. The summed E-state index contributed by atoms with van der Waals surface area (Å²) in [5.74, 6) is 0.298. The Kier molecular flexibility index (Phi) is 4.06. The Morgan fingerprint density at radius 3 is 2.32 bits per heavy atom. The lowest BCUT2D eigenvalue weighted by atomic mass is 10.2. The first-order chi connectivity index (χ1) is 10.6. The minimum absolute atomic E-state index is 0.138. The summed E-state index contributed by atoms with van der Waals surface area (Å²) in [5, 5.41) is 14.0. The van der Waals surface area contributed by atoms with Gasteiger partial charge < -0.3 is 14.9 Å². The highest BCUT2D eigenvalue weighted by Gasteiger charge is 2.22. The van der Waals surface area contributed by atoms with E-state index in [0.717, 1.165) is 37.6 Å². The van der Waals surface area contributed by atoms with Crippen LogP contribution in [0.3, 0.4) is 0 Å². The Labute approximate surface area is 136 Å². The van der Waals surface area contributed by atoms with Crippen LogP contribution in [0.1, 0.15) is 0 Å². The van der Waals surface area contributed by atoms with Gasteiger partial charge in [-0.25, -0.2) is 4.68 Å². The molecule has 0 bridgehead atoms. The molecule has 6 nitrogen and oxygen atoms in total. The second-order valence-corrected chi connectivity index (χ2v) is 6.03. The predicted molar refractivity (Wildman–Crippen MR) is 89.7 cm³/mol. The molecule has 2 aromatic rings. The van der Waals surface area contributed by atoms with Crippen LogP contribution in [0.15, 0.2) is 39.7 Å². The Morgan fingerprint density at radius 1 is 1.09 bits per heavy atom. The van der Waals surface area contributed by atoms with E-state index in [1.165, 1.54) is 4.68 Å². The van der Waals surface area contributed by atoms with Gasteiger partial charge in [0.2, 0.25) is 0 Å². The summed E-state index contributed by atoms with van der Waals surface area (Å²) in [6, 6.07) is 7.35. The Hall–Kier alpha value is -2.02. The number of phenolic OH excluding ortho intramolecular Hbond substituents is 1. The summed E-state index contributed by atoms with van der Waals surface area (Å²) in [7, 11) is 1.63. The third kappa shape index (κ3) is 2.68. The molecule has 0 unspecified atom stereocenters. The van der Waals surface area contributed by atoms with Gasteiger partial charge in [0.05, 0.1) is 17.6 Å². The maximum absolute atomic E-state index is 11.9. The van der Waals surface area contributed by atoms with E-state index < -0.39 is 0 Å². The van der Waals surface area contributed by atoms with Crippen LogP contribution >= 0.6 is 15.9 Å². The number of piperazine rings is 1. The molecule has 0 spiro atoms. The van der Waals surface area contributed by atoms with Gasteiger partial charge in [0.15, 0.2) is 0 Å². The van der Waals surface area contributed by atoms with E-state index in [9.17, 15) is 9.90 Å². The van der Waals surface area contributed by atoms with E-state index in [2.05, 4.69) is 30.8 Å². The van der Waals surface area contributed by atoms with Crippen molar-refractivity contribution in [2.75, 3.05) is 36.0 Å². The average Bonchev–Trinajstić information content (AvgIpc) is 2.54. The zero-order chi connectivity index (χ0) is 15.7. The maximum Gasteiger partial charge on any atom is 0.282 e. The fraction of sp³-hybridized carbons (Fsp3) is 0.333. The van der Waals surface area contributed by atoms with Crippen molar-refractivity contribution in [1.29, 1.82) is 0 Å². The molecule has 22 heavy (non-hydrogen) atoms. The van der Waals surface area contributed by atoms with Gasteiger partial charge in [-0.1, -0.05) is 12.1 Å². The molecule has 2 heterocycles. The van der Waals surface area contributed by atoms with Crippen molar-refractivity contribution in [3.05, 3.63) is 45.3 Å². The first-order valence-corrected chi connectivity index (χ1v) is 7.87. The SMILES string of the molecule is Cn1ncc(N2CCN(c3ccccc3O)CC2)c(Br)c1=O. The van der Waals surface area contributed by atoms with Crippen LogP contribution in [0.25, 0.3) is 0 Å². The first kappa shape index (κ1) is 14.9. The second-order valence-electron chi connectivity index (χ2n) is 5.24. The van der Waals surface area contributed by atoms with Crippen LogP contribution in [-0.4, -0.2) is 41.1 Å². The molecule has 0 atom stereocenters. The predicted octanol–water partition coefficient (Wildman–Crippen LogP) is 1.58. The minimum Gasteiger partial charge on any atom is -0.506 e. The quantitative estimate of drug-likeness (QED) is 0.876. The lowest BCUT2D eigenvalue weighted by Gasteiger charge is -2.37. The summed E-state index contributed by atoms with van der Waals surface area (Å²) < 4.78 is 1.85. The topological polar surface area (TPSA) is 61.6 Å². The van der Waals surface area contributed by atoms with Crippen LogP contribution in [-0.2, 0) is 7.05 Å². The fourth-order valence-corrected chi connectivity index (χ4v) is 3.25. The average molecular weight is 365 g/mol. The van der Waals surface area contributed by atoms with Crippen molar-refractivity contribution in [3.63, 3.8) is 0 Å². The maximum atomic E-state index is 11.9. The Balaban J connectivity index is 1.76. The molecule has 7 heteroatoms. The standard InChI is InChI=1S/C15H17BrN4O2/c1-18-15(22)14(16)12(10-17-18)20-8-6-19(7-9-20)11-4-2-3-5-13(11)21/h2-5,10,21H,6-9H2,1H3. The van der Waals surface area contributed by atoms with Gasteiger partial charge in [-0.3, -0.25) is 4.79 Å². The molecule has 0 amide bonds. The van der Waals surface area contributed by atoms with Crippen LogP contribution in [0.2, 0.25) is 0 Å². The molecular formula is C15H17BrN4O2. The molecule has 1 fully saturated rings. The van der Waals surface area contributed by atoms with Crippen molar-refractivity contribution in [2.24, 2.45) is 7.05 Å². The molecule has 3 rings (SSSR count). The molecular weight excluding hydrogens is 348 g/mol. The van der Waals surface area contributed by atoms with Gasteiger partial charge in [-0.05, 0) is 28.1 Å². The van der Waals surface area contributed by atoms with Gasteiger partial charge in [0.1, 0.15) is 10.2 Å². The van der Waals surface area contributed by atoms with Crippen LogP contribution in [0, 0.1) is 0 Å². The van der Waals surface area contributed by atoms with Crippen molar-refractivity contribution in [1.82, 2.24) is 9.78 Å². The van der Waals surface area contributed by atoms with Gasteiger partial charge >= 0.3 is 0 Å². The number of benzene rings is 1. The third-order valence-corrected chi connectivity index (χ3v) is 4.65. The summed E-state index contributed by atoms with van der Waals surface area (Å²) in [5.41, 5.74) is 1.53. The number of para-hydroxylation sites is 2. The minimum atomic E-state index is -0.138. The molecule has 0 radical (unpaired) electrons. The summed E-state index contributed by atoms with van der Waals surface area (Å²) in [4.78, 5) is 16.2. The van der Waals surface area contributed by atoms with E-state index in [0.29, 0.717) is 10.2 Å². The number of rotatable bonds is 2. The second kappa shape index (κ2) is 6.00. The largest absolute Gasteiger partial charge is 0.506 e. The third-order valence-electron chi connectivity index (χ3n) is 3.90. The number of halogens is 1. The summed E-state index contributed by atoms with van der Waals surface area (Å²) in [6.45, 7) is 3.09. The number of hydrogen-bond acceptors (Lipinski definition) is 5. The number of anilines is 2. The molecule has 1 saturated heterocycles. The molecule has 116 valence electrons. The Bertz CT molecular complexity index is 739. The lowest BCUT2D eigenvalue weighted by molar-refractivity contribution is 0.472. The highest BCUT2D eigenvalue weighted by Crippen LogP contribution is 2.29. The normalized spacial score (nSPS) is 15.2. The number of aryl methyl sites for hydroxylation is 1. The van der Waals surface area contributed by atoms with Crippen LogP contribution in [0.4, 0.5) is 11.4 Å². The molecule has 1 aliphatic rings. The van der Waals surface area contributed by atoms with E-state index in [1.54, 1.807) is 19.3 Å². The van der Waals surface area contributed by atoms with Crippen molar-refractivity contribution < 1.29 is 5.11 Å². The van der Waals surface area contributed by atoms with E-state index in [4.69, 9.17) is 0 Å². The number of aromatic hydroxyl groups is 1. The first-order valence-electron chi connectivity index (χ1n) is 7.07. The lowest BCUT2D eigenvalue weighted by Crippen LogP contribution is -2.47. The van der Waals surface area contributed by atoms with E-state index in [-0.39, 0.29) is 5.56 Å². The Morgan fingerprint density at radius 2 is 1.68 bits per heavy atom. The molecule has 1 N–H and O–H groups in total. The van der Waals surface area contributed by atoms with Gasteiger partial charge in [-0.15, -0.1) is 0 Å². The summed E-state index contributed by atoms with van der Waals surface area (Å²) in [6.07, 6.45) is 1.71. The van der Waals surface area contributed by atoms with Crippen molar-refractivity contribution in [2.45, 2.75) is 0 Å². The molecule has 1 aromatic heterocycles.